The van der Waals surface area contributed by atoms with Gasteiger partial charge in [-0.15, -0.1) is 0 Å². The zero-order valence-corrected chi connectivity index (χ0v) is 27.1. The van der Waals surface area contributed by atoms with Crippen molar-refractivity contribution in [1.82, 2.24) is 9.13 Å². The van der Waals surface area contributed by atoms with Gasteiger partial charge >= 0.3 is 0 Å². The standard InChI is InChI=1S/C48H30N2O/c1-2-12-31(13-3-1)35-14-4-8-18-42(35)50-44-20-10-6-16-37(44)40-29-33(23-26-46(40)50)32-22-25-45-39(28-32)36-15-5-9-19-43(36)49(45)34-24-27-48-41(30-34)38-17-7-11-21-47(38)51-48/h1-30H/i5D,9D,15D,19D,22D,25D,28D. The summed E-state index contributed by atoms with van der Waals surface area (Å²) < 4.78 is 74.5. The molecule has 3 heterocycles. The van der Waals surface area contributed by atoms with Gasteiger partial charge in [-0.1, -0.05) is 115 Å². The van der Waals surface area contributed by atoms with E-state index in [4.69, 9.17) is 9.90 Å². The number of furan rings is 1. The van der Waals surface area contributed by atoms with E-state index in [0.717, 1.165) is 49.4 Å². The molecule has 3 heteroatoms. The SMILES string of the molecule is [2H]c1c([2H])c([2H])c2c(c1[2H])c1c([2H])c(-c3ccc4c(c3)c3ccccc3n4-c3ccccc3-c3ccccc3)c([2H])c([2H])c1n2-c1ccc2oc3ccccc3c2c1. The van der Waals surface area contributed by atoms with Gasteiger partial charge in [0.05, 0.1) is 37.3 Å². The second-order valence-electron chi connectivity index (χ2n) is 12.8. The summed E-state index contributed by atoms with van der Waals surface area (Å²) in [4.78, 5) is 0. The lowest BCUT2D eigenvalue weighted by atomic mass is 10.0. The predicted molar refractivity (Wildman–Crippen MR) is 213 cm³/mol. The number of hydrogen-bond acceptors (Lipinski definition) is 1. The molecule has 0 saturated carbocycles. The molecule has 3 nitrogen and oxygen atoms in total. The molecule has 0 radical (unpaired) electrons. The maximum atomic E-state index is 9.82. The molecular weight excluding hydrogens is 621 g/mol. The predicted octanol–water partition coefficient (Wildman–Crippen LogP) is 13.1. The Kier molecular flexibility index (Phi) is 4.67. The number of aromatic nitrogens is 2. The molecule has 0 unspecified atom stereocenters. The lowest BCUT2D eigenvalue weighted by Crippen LogP contribution is -1.97. The number of fused-ring (bicyclic) bond motifs is 9. The maximum absolute atomic E-state index is 9.82. The molecule has 8 aromatic carbocycles. The molecule has 0 atom stereocenters. The van der Waals surface area contributed by atoms with E-state index in [1.807, 2.05) is 91.0 Å². The molecule has 0 spiro atoms. The lowest BCUT2D eigenvalue weighted by Gasteiger charge is -2.14. The van der Waals surface area contributed by atoms with Gasteiger partial charge in [-0.2, -0.15) is 0 Å². The Hall–Kier alpha value is -6.84. The molecule has 0 fully saturated rings. The van der Waals surface area contributed by atoms with E-state index < -0.39 is 12.1 Å². The van der Waals surface area contributed by atoms with E-state index >= 15 is 0 Å². The average molecular weight is 658 g/mol. The van der Waals surface area contributed by atoms with Crippen LogP contribution in [-0.4, -0.2) is 9.13 Å². The van der Waals surface area contributed by atoms with Crippen molar-refractivity contribution < 1.29 is 14.0 Å². The van der Waals surface area contributed by atoms with Gasteiger partial charge in [-0.25, -0.2) is 0 Å². The highest BCUT2D eigenvalue weighted by atomic mass is 16.3. The normalized spacial score (nSPS) is 13.8. The molecule has 0 aliphatic heterocycles. The van der Waals surface area contributed by atoms with Crippen LogP contribution in [0.2, 0.25) is 0 Å². The van der Waals surface area contributed by atoms with E-state index in [1.54, 1.807) is 16.7 Å². The van der Waals surface area contributed by atoms with Gasteiger partial charge in [-0.3, -0.25) is 0 Å². The van der Waals surface area contributed by atoms with Gasteiger partial charge in [0.25, 0.3) is 0 Å². The highest BCUT2D eigenvalue weighted by molar-refractivity contribution is 6.13. The van der Waals surface area contributed by atoms with E-state index in [-0.39, 0.29) is 57.6 Å². The van der Waals surface area contributed by atoms with Crippen LogP contribution in [-0.2, 0) is 0 Å². The van der Waals surface area contributed by atoms with Crippen LogP contribution < -0.4 is 0 Å². The van der Waals surface area contributed by atoms with Gasteiger partial charge in [0.2, 0.25) is 0 Å². The van der Waals surface area contributed by atoms with E-state index in [0.29, 0.717) is 22.4 Å². The number of hydrogen-bond donors (Lipinski definition) is 0. The fraction of sp³-hybridized carbons (Fsp3) is 0. The molecule has 0 aliphatic carbocycles. The lowest BCUT2D eigenvalue weighted by molar-refractivity contribution is 0.669. The van der Waals surface area contributed by atoms with Crippen LogP contribution in [0.1, 0.15) is 9.60 Å². The van der Waals surface area contributed by atoms with Gasteiger partial charge in [0.15, 0.2) is 0 Å². The van der Waals surface area contributed by atoms with Crippen LogP contribution in [0.4, 0.5) is 0 Å². The van der Waals surface area contributed by atoms with Crippen LogP contribution in [0.25, 0.3) is 99.2 Å². The Morgan fingerprint density at radius 3 is 2.10 bits per heavy atom. The highest BCUT2D eigenvalue weighted by Crippen LogP contribution is 2.40. The maximum Gasteiger partial charge on any atom is 0.135 e. The van der Waals surface area contributed by atoms with E-state index in [2.05, 4.69) is 41.0 Å². The summed E-state index contributed by atoms with van der Waals surface area (Å²) in [5.74, 6) is 0. The summed E-state index contributed by atoms with van der Waals surface area (Å²) in [6, 6.07) is 43.8. The van der Waals surface area contributed by atoms with Crippen molar-refractivity contribution in [2.24, 2.45) is 0 Å². The Morgan fingerprint density at radius 2 is 1.16 bits per heavy atom. The summed E-state index contributed by atoms with van der Waals surface area (Å²) in [6.45, 7) is 0. The number of rotatable bonds is 4. The zero-order chi connectivity index (χ0) is 39.6. The molecule has 3 aromatic heterocycles. The number of para-hydroxylation sites is 4. The monoisotopic (exact) mass is 657 g/mol. The molecule has 51 heavy (non-hydrogen) atoms. The molecule has 0 saturated heterocycles. The van der Waals surface area contributed by atoms with E-state index in [9.17, 15) is 4.11 Å². The summed E-state index contributed by atoms with van der Waals surface area (Å²) in [5, 5.41) is 3.88. The minimum Gasteiger partial charge on any atom is -0.456 e. The minimum atomic E-state index is -0.430. The summed E-state index contributed by atoms with van der Waals surface area (Å²) in [5.41, 5.74) is 8.05. The number of benzene rings is 8. The Labute approximate surface area is 303 Å². The molecule has 0 bridgehead atoms. The molecule has 0 N–H and O–H groups in total. The van der Waals surface area contributed by atoms with Crippen LogP contribution in [0.3, 0.4) is 0 Å². The summed E-state index contributed by atoms with van der Waals surface area (Å²) >= 11 is 0. The van der Waals surface area contributed by atoms with Gasteiger partial charge in [0.1, 0.15) is 11.2 Å². The first-order valence-corrected chi connectivity index (χ1v) is 16.9. The van der Waals surface area contributed by atoms with Crippen LogP contribution in [0.15, 0.2) is 186 Å². The number of nitrogens with zero attached hydrogens (tertiary/aromatic N) is 2. The van der Waals surface area contributed by atoms with Crippen LogP contribution in [0, 0.1) is 0 Å². The average Bonchev–Trinajstić information content (AvgIpc) is 3.92. The molecule has 0 aliphatic rings. The first-order chi connectivity index (χ1) is 28.2. The van der Waals surface area contributed by atoms with Crippen LogP contribution >= 0.6 is 0 Å². The summed E-state index contributed by atoms with van der Waals surface area (Å²) in [7, 11) is 0. The molecule has 11 rings (SSSR count). The third-order valence-corrected chi connectivity index (χ3v) is 9.97. The van der Waals surface area contributed by atoms with Crippen molar-refractivity contribution in [1.29, 1.82) is 0 Å². The fourth-order valence-electron chi connectivity index (χ4n) is 7.69. The van der Waals surface area contributed by atoms with Gasteiger partial charge in [0, 0.05) is 43.6 Å². The Morgan fingerprint density at radius 1 is 0.412 bits per heavy atom. The topological polar surface area (TPSA) is 23.0 Å². The van der Waals surface area contributed by atoms with Crippen LogP contribution in [0.5, 0.6) is 0 Å². The van der Waals surface area contributed by atoms with Crippen molar-refractivity contribution in [2.45, 2.75) is 0 Å². The van der Waals surface area contributed by atoms with Crippen molar-refractivity contribution in [3.8, 4) is 33.6 Å². The first kappa shape index (κ1) is 22.0. The third-order valence-electron chi connectivity index (χ3n) is 9.97. The van der Waals surface area contributed by atoms with E-state index in [1.165, 1.54) is 0 Å². The van der Waals surface area contributed by atoms with Crippen molar-refractivity contribution in [2.75, 3.05) is 0 Å². The fourth-order valence-corrected chi connectivity index (χ4v) is 7.69. The first-order valence-electron chi connectivity index (χ1n) is 20.4. The second-order valence-corrected chi connectivity index (χ2v) is 12.8. The van der Waals surface area contributed by atoms with Gasteiger partial charge in [-0.05, 0) is 83.3 Å². The quantitative estimate of drug-likeness (QED) is 0.185. The Bertz CT molecular complexity index is 3550. The largest absolute Gasteiger partial charge is 0.456 e. The summed E-state index contributed by atoms with van der Waals surface area (Å²) in [6.07, 6.45) is 0. The zero-order valence-electron chi connectivity index (χ0n) is 34.1. The smallest absolute Gasteiger partial charge is 0.135 e. The Balaban J connectivity index is 1.20. The minimum absolute atomic E-state index is 0.0860. The highest BCUT2D eigenvalue weighted by Gasteiger charge is 2.18. The third kappa shape index (κ3) is 4.19. The molecule has 0 amide bonds. The second kappa shape index (κ2) is 10.8. The van der Waals surface area contributed by atoms with Gasteiger partial charge < -0.3 is 13.6 Å². The van der Waals surface area contributed by atoms with Crippen molar-refractivity contribution in [3.05, 3.63) is 182 Å². The molecule has 11 aromatic rings. The molecular formula is C48H30N2O. The molecule has 238 valence electrons. The van der Waals surface area contributed by atoms with Crippen molar-refractivity contribution in [3.63, 3.8) is 0 Å². The van der Waals surface area contributed by atoms with Crippen molar-refractivity contribution >= 4 is 65.6 Å².